The molecular weight excluding hydrogens is 318 g/mol. The summed E-state index contributed by atoms with van der Waals surface area (Å²) >= 11 is 4.75. The molecule has 0 bridgehead atoms. The van der Waals surface area contributed by atoms with Gasteiger partial charge < -0.3 is 10.0 Å². The third kappa shape index (κ3) is 2.44. The summed E-state index contributed by atoms with van der Waals surface area (Å²) in [4.78, 5) is 25.8. The van der Waals surface area contributed by atoms with Crippen LogP contribution in [-0.2, 0) is 4.79 Å². The highest BCUT2D eigenvalue weighted by molar-refractivity contribution is 9.10. The van der Waals surface area contributed by atoms with Gasteiger partial charge in [-0.05, 0) is 47.1 Å². The first kappa shape index (κ1) is 13.5. The number of halogens is 1. The molecule has 1 N–H and O–H groups in total. The molecule has 1 aromatic heterocycles. The molecule has 4 nitrogen and oxygen atoms in total. The number of amides is 1. The maximum Gasteiger partial charge on any atom is 0.309 e. The highest BCUT2D eigenvalue weighted by atomic mass is 79.9. The van der Waals surface area contributed by atoms with Crippen molar-refractivity contribution in [1.29, 1.82) is 0 Å². The van der Waals surface area contributed by atoms with Gasteiger partial charge in [0.1, 0.15) is 4.88 Å². The van der Waals surface area contributed by atoms with E-state index in [1.807, 2.05) is 11.4 Å². The number of hydrogen-bond acceptors (Lipinski definition) is 3. The molecule has 0 saturated carbocycles. The summed E-state index contributed by atoms with van der Waals surface area (Å²) in [6.45, 7) is 2.76. The normalized spacial score (nSPS) is 18.7. The van der Waals surface area contributed by atoms with Crippen LogP contribution in [0.4, 0.5) is 0 Å². The van der Waals surface area contributed by atoms with Crippen LogP contribution in [0.25, 0.3) is 0 Å². The van der Waals surface area contributed by atoms with Crippen LogP contribution in [0.5, 0.6) is 0 Å². The summed E-state index contributed by atoms with van der Waals surface area (Å²) in [5.41, 5.74) is -0.691. The number of carboxylic acid groups (broad SMARTS) is 1. The number of piperidine rings is 1. The zero-order valence-corrected chi connectivity index (χ0v) is 12.4. The Labute approximate surface area is 118 Å². The van der Waals surface area contributed by atoms with Crippen LogP contribution in [0.15, 0.2) is 15.9 Å². The molecule has 0 unspecified atom stereocenters. The van der Waals surface area contributed by atoms with Crippen LogP contribution in [-0.4, -0.2) is 35.0 Å². The third-order valence-corrected chi connectivity index (χ3v) is 5.31. The van der Waals surface area contributed by atoms with Gasteiger partial charge in [-0.1, -0.05) is 0 Å². The van der Waals surface area contributed by atoms with E-state index in [0.717, 1.165) is 4.47 Å². The largest absolute Gasteiger partial charge is 0.481 e. The summed E-state index contributed by atoms with van der Waals surface area (Å²) < 4.78 is 0.809. The summed E-state index contributed by atoms with van der Waals surface area (Å²) in [6.07, 6.45) is 1.02. The minimum absolute atomic E-state index is 0.00989. The first-order valence-electron chi connectivity index (χ1n) is 5.70. The molecular formula is C12H14BrNO3S. The van der Waals surface area contributed by atoms with E-state index in [1.165, 1.54) is 11.3 Å². The number of carboxylic acids is 1. The standard InChI is InChI=1S/C12H14BrNO3S/c1-12(11(16)17)3-5-14(6-4-12)10(15)9-8(13)2-7-18-9/h2,7H,3-6H2,1H3,(H,16,17). The van der Waals surface area contributed by atoms with Crippen LogP contribution in [0.2, 0.25) is 0 Å². The Kier molecular flexibility index (Phi) is 3.77. The molecule has 6 heteroatoms. The van der Waals surface area contributed by atoms with Crippen molar-refractivity contribution in [2.24, 2.45) is 5.41 Å². The van der Waals surface area contributed by atoms with Crippen molar-refractivity contribution in [2.45, 2.75) is 19.8 Å². The van der Waals surface area contributed by atoms with Crippen molar-refractivity contribution in [3.8, 4) is 0 Å². The molecule has 0 radical (unpaired) electrons. The zero-order valence-electron chi connectivity index (χ0n) is 9.98. The molecule has 2 rings (SSSR count). The smallest absolute Gasteiger partial charge is 0.309 e. The molecule has 1 aliphatic heterocycles. The quantitative estimate of drug-likeness (QED) is 0.906. The van der Waals surface area contributed by atoms with Gasteiger partial charge in [-0.25, -0.2) is 0 Å². The maximum absolute atomic E-state index is 12.2. The monoisotopic (exact) mass is 331 g/mol. The van der Waals surface area contributed by atoms with E-state index in [2.05, 4.69) is 15.9 Å². The van der Waals surface area contributed by atoms with Gasteiger partial charge in [0.15, 0.2) is 0 Å². The van der Waals surface area contributed by atoms with Crippen molar-refractivity contribution < 1.29 is 14.7 Å². The molecule has 1 fully saturated rings. The first-order valence-corrected chi connectivity index (χ1v) is 7.37. The topological polar surface area (TPSA) is 57.6 Å². The number of hydrogen-bond donors (Lipinski definition) is 1. The summed E-state index contributed by atoms with van der Waals surface area (Å²) in [6, 6.07) is 1.85. The molecule has 1 saturated heterocycles. The molecule has 18 heavy (non-hydrogen) atoms. The van der Waals surface area contributed by atoms with Crippen LogP contribution in [0.3, 0.4) is 0 Å². The lowest BCUT2D eigenvalue weighted by atomic mass is 9.80. The third-order valence-electron chi connectivity index (χ3n) is 3.48. The number of carbonyl (C=O) groups excluding carboxylic acids is 1. The highest BCUT2D eigenvalue weighted by Gasteiger charge is 2.38. The van der Waals surface area contributed by atoms with Crippen molar-refractivity contribution in [2.75, 3.05) is 13.1 Å². The maximum atomic E-state index is 12.2. The lowest BCUT2D eigenvalue weighted by Gasteiger charge is -2.36. The molecule has 0 spiro atoms. The number of rotatable bonds is 2. The Hall–Kier alpha value is -0.880. The molecule has 1 aliphatic rings. The molecule has 2 heterocycles. The van der Waals surface area contributed by atoms with Crippen LogP contribution in [0.1, 0.15) is 29.4 Å². The average molecular weight is 332 g/mol. The minimum Gasteiger partial charge on any atom is -0.481 e. The number of nitrogens with zero attached hydrogens (tertiary/aromatic N) is 1. The number of aliphatic carboxylic acids is 1. The number of likely N-dealkylation sites (tertiary alicyclic amines) is 1. The van der Waals surface area contributed by atoms with E-state index in [0.29, 0.717) is 30.8 Å². The van der Waals surface area contributed by atoms with Crippen molar-refractivity contribution in [3.05, 3.63) is 20.8 Å². The van der Waals surface area contributed by atoms with Crippen LogP contribution >= 0.6 is 27.3 Å². The first-order chi connectivity index (χ1) is 8.44. The lowest BCUT2D eigenvalue weighted by Crippen LogP contribution is -2.45. The van der Waals surface area contributed by atoms with Crippen LogP contribution in [0, 0.1) is 5.41 Å². The number of carbonyl (C=O) groups is 2. The minimum atomic E-state index is -0.771. The fourth-order valence-corrected chi connectivity index (χ4v) is 3.51. The van der Waals surface area contributed by atoms with Gasteiger partial charge in [-0.15, -0.1) is 11.3 Å². The van der Waals surface area contributed by atoms with Crippen molar-refractivity contribution >= 4 is 39.1 Å². The summed E-state index contributed by atoms with van der Waals surface area (Å²) in [7, 11) is 0. The predicted molar refractivity (Wildman–Crippen MR) is 72.9 cm³/mol. The number of thiophene rings is 1. The van der Waals surface area contributed by atoms with Gasteiger partial charge in [0.2, 0.25) is 0 Å². The summed E-state index contributed by atoms with van der Waals surface area (Å²) in [5.74, 6) is -0.781. The fraction of sp³-hybridized carbons (Fsp3) is 0.500. The van der Waals surface area contributed by atoms with E-state index in [9.17, 15) is 9.59 Å². The molecule has 0 atom stereocenters. The SMILES string of the molecule is CC1(C(=O)O)CCN(C(=O)c2sccc2Br)CC1. The zero-order chi connectivity index (χ0) is 13.3. The second-order valence-electron chi connectivity index (χ2n) is 4.76. The van der Waals surface area contributed by atoms with Crippen LogP contribution < -0.4 is 0 Å². The van der Waals surface area contributed by atoms with E-state index in [1.54, 1.807) is 11.8 Å². The predicted octanol–water partition coefficient (Wildman–Crippen LogP) is 2.84. The molecule has 1 amide bonds. The summed E-state index contributed by atoms with van der Waals surface area (Å²) in [5, 5.41) is 11.0. The van der Waals surface area contributed by atoms with E-state index in [-0.39, 0.29) is 5.91 Å². The lowest BCUT2D eigenvalue weighted by molar-refractivity contribution is -0.150. The van der Waals surface area contributed by atoms with E-state index < -0.39 is 11.4 Å². The van der Waals surface area contributed by atoms with Gasteiger partial charge in [-0.3, -0.25) is 9.59 Å². The highest BCUT2D eigenvalue weighted by Crippen LogP contribution is 2.33. The molecule has 98 valence electrons. The second kappa shape index (κ2) is 5.01. The van der Waals surface area contributed by atoms with Gasteiger partial charge >= 0.3 is 5.97 Å². The fourth-order valence-electron chi connectivity index (χ4n) is 2.01. The van der Waals surface area contributed by atoms with E-state index >= 15 is 0 Å². The van der Waals surface area contributed by atoms with Gasteiger partial charge in [0.25, 0.3) is 5.91 Å². The molecule has 0 aliphatic carbocycles. The van der Waals surface area contributed by atoms with Gasteiger partial charge in [0, 0.05) is 17.6 Å². The molecule has 1 aromatic rings. The average Bonchev–Trinajstić information content (AvgIpc) is 2.75. The van der Waals surface area contributed by atoms with Crippen molar-refractivity contribution in [1.82, 2.24) is 4.90 Å². The Balaban J connectivity index is 2.05. The van der Waals surface area contributed by atoms with E-state index in [4.69, 9.17) is 5.11 Å². The van der Waals surface area contributed by atoms with Gasteiger partial charge in [0.05, 0.1) is 5.41 Å². The van der Waals surface area contributed by atoms with Crippen molar-refractivity contribution in [3.63, 3.8) is 0 Å². The Bertz CT molecular complexity index is 477. The van der Waals surface area contributed by atoms with Gasteiger partial charge in [-0.2, -0.15) is 0 Å². The Morgan fingerprint density at radius 2 is 2.06 bits per heavy atom. The second-order valence-corrected chi connectivity index (χ2v) is 6.53. The Morgan fingerprint density at radius 1 is 1.44 bits per heavy atom. The molecule has 0 aromatic carbocycles. The Morgan fingerprint density at radius 3 is 2.50 bits per heavy atom.